The molecule has 1 heterocycles. The summed E-state index contributed by atoms with van der Waals surface area (Å²) in [7, 11) is 1.93. The molecule has 0 saturated carbocycles. The van der Waals surface area contributed by atoms with E-state index < -0.39 is 5.67 Å². The maximum Gasteiger partial charge on any atom is 0.118 e. The molecule has 47 heavy (non-hydrogen) atoms. The second kappa shape index (κ2) is 25.5. The maximum absolute atomic E-state index is 13.3. The van der Waals surface area contributed by atoms with Crippen molar-refractivity contribution in [3.63, 3.8) is 0 Å². The van der Waals surface area contributed by atoms with Crippen LogP contribution < -0.4 is 5.32 Å². The summed E-state index contributed by atoms with van der Waals surface area (Å²) < 4.78 is 13.3. The summed E-state index contributed by atoms with van der Waals surface area (Å²) in [5.74, 6) is 0.888. The Labute approximate surface area is 292 Å². The topological polar surface area (TPSA) is 15.3 Å². The molecule has 1 saturated heterocycles. The molecule has 2 nitrogen and oxygen atoms in total. The fraction of sp³-hybridized carbons (Fsp3) is 0.591. The van der Waals surface area contributed by atoms with E-state index in [1.807, 2.05) is 34.7 Å². The predicted molar refractivity (Wildman–Crippen MR) is 212 cm³/mol. The van der Waals surface area contributed by atoms with Gasteiger partial charge in [0.2, 0.25) is 0 Å². The first-order valence-electron chi connectivity index (χ1n) is 18.7. The Bertz CT molecular complexity index is 1160. The van der Waals surface area contributed by atoms with Crippen molar-refractivity contribution >= 4 is 11.1 Å². The van der Waals surface area contributed by atoms with E-state index >= 15 is 0 Å². The minimum Gasteiger partial charge on any atom is -0.320 e. The second-order valence-corrected chi connectivity index (χ2v) is 13.1. The number of hydrogen-bond acceptors (Lipinski definition) is 2. The highest BCUT2D eigenvalue weighted by Crippen LogP contribution is 2.33. The fourth-order valence-corrected chi connectivity index (χ4v) is 5.91. The molecule has 2 aromatic rings. The van der Waals surface area contributed by atoms with Gasteiger partial charge in [-0.2, -0.15) is 0 Å². The summed E-state index contributed by atoms with van der Waals surface area (Å²) in [5, 5.41) is 2.93. The molecule has 0 unspecified atom stereocenters. The number of alkyl halides is 1. The Hall–Kier alpha value is -2.49. The Morgan fingerprint density at radius 1 is 0.936 bits per heavy atom. The van der Waals surface area contributed by atoms with Gasteiger partial charge < -0.3 is 10.2 Å². The molecule has 4 rings (SSSR count). The van der Waals surface area contributed by atoms with E-state index in [9.17, 15) is 4.39 Å². The molecule has 0 aromatic heterocycles. The zero-order valence-corrected chi connectivity index (χ0v) is 32.8. The Kier molecular flexibility index (Phi) is 24.2. The molecule has 266 valence electrons. The van der Waals surface area contributed by atoms with Crippen LogP contribution >= 0.6 is 0 Å². The predicted octanol–water partition coefficient (Wildman–Crippen LogP) is 12.7. The molecule has 0 bridgehead atoms. The quantitative estimate of drug-likeness (QED) is 0.291. The van der Waals surface area contributed by atoms with E-state index in [0.29, 0.717) is 6.54 Å². The number of halogens is 1. The minimum atomic E-state index is -1.03. The summed E-state index contributed by atoms with van der Waals surface area (Å²) >= 11 is 0. The number of hydrogen-bond donors (Lipinski definition) is 1. The summed E-state index contributed by atoms with van der Waals surface area (Å²) in [6.07, 6.45) is 12.3. The number of likely N-dealkylation sites (tertiary alicyclic amines) is 1. The molecule has 0 atom stereocenters. The molecule has 0 radical (unpaired) electrons. The lowest BCUT2D eigenvalue weighted by Gasteiger charge is -2.34. The zero-order valence-electron chi connectivity index (χ0n) is 32.8. The van der Waals surface area contributed by atoms with Gasteiger partial charge in [-0.1, -0.05) is 115 Å². The highest BCUT2D eigenvalue weighted by atomic mass is 19.1. The lowest BCUT2D eigenvalue weighted by atomic mass is 9.85. The number of piperidine rings is 1. The van der Waals surface area contributed by atoms with Crippen LogP contribution in [0.3, 0.4) is 0 Å². The van der Waals surface area contributed by atoms with Gasteiger partial charge in [-0.15, -0.1) is 0 Å². The van der Waals surface area contributed by atoms with Crippen molar-refractivity contribution in [2.45, 2.75) is 133 Å². The van der Waals surface area contributed by atoms with E-state index in [4.69, 9.17) is 0 Å². The van der Waals surface area contributed by atoms with Crippen LogP contribution in [-0.4, -0.2) is 43.8 Å². The smallest absolute Gasteiger partial charge is 0.118 e. The van der Waals surface area contributed by atoms with E-state index in [0.717, 1.165) is 37.5 Å². The van der Waals surface area contributed by atoms with Gasteiger partial charge in [-0.3, -0.25) is 0 Å². The summed E-state index contributed by atoms with van der Waals surface area (Å²) in [6.45, 7) is 30.2. The SMILES string of the molecule is C=C(C)c1ccc(C/C(=C(/C)C2=CCCCC2)c2ccccc2C)cc1.CC.CC.CCC1CCN(CC(C)(C)F)CC1.CCNC. The third-order valence-corrected chi connectivity index (χ3v) is 8.76. The van der Waals surface area contributed by atoms with Crippen molar-refractivity contribution in [3.8, 4) is 0 Å². The summed E-state index contributed by atoms with van der Waals surface area (Å²) in [6, 6.07) is 17.7. The fourth-order valence-electron chi connectivity index (χ4n) is 5.91. The molecule has 3 heteroatoms. The zero-order chi connectivity index (χ0) is 35.8. The molecule has 1 aliphatic heterocycles. The molecular weight excluding hydrogens is 575 g/mol. The highest BCUT2D eigenvalue weighted by Gasteiger charge is 2.24. The largest absolute Gasteiger partial charge is 0.320 e. The van der Waals surface area contributed by atoms with Gasteiger partial charge in [0.25, 0.3) is 0 Å². The van der Waals surface area contributed by atoms with Crippen LogP contribution in [0.4, 0.5) is 4.39 Å². The van der Waals surface area contributed by atoms with Crippen LogP contribution in [0, 0.1) is 12.8 Å². The molecule has 0 amide bonds. The molecule has 1 aliphatic carbocycles. The third-order valence-electron chi connectivity index (χ3n) is 8.76. The van der Waals surface area contributed by atoms with E-state index in [-0.39, 0.29) is 0 Å². The van der Waals surface area contributed by atoms with Crippen molar-refractivity contribution in [2.24, 2.45) is 5.92 Å². The standard InChI is InChI=1S/C26H30.C11H22FN.C3H9N.2C2H6/c1-19(2)23-16-14-22(15-17-23)18-26(25-13-9-8-10-20(25)3)21(4)24-11-6-5-7-12-24;1-4-10-5-7-13(8-6-10)9-11(2,3)12;1-3-4-2;2*1-2/h8-11,13-17H,1,5-7,12,18H2,2-4H3;10H,4-9H2,1-3H3;4H,3H2,1-2H3;2*1-2H3/b26-21+;;;;. The third kappa shape index (κ3) is 18.0. The number of rotatable bonds is 9. The van der Waals surface area contributed by atoms with Gasteiger partial charge in [-0.25, -0.2) is 4.39 Å². The van der Waals surface area contributed by atoms with Crippen LogP contribution in [0.5, 0.6) is 0 Å². The molecular formula is C44H73FN2. The van der Waals surface area contributed by atoms with Gasteiger partial charge >= 0.3 is 0 Å². The first-order valence-corrected chi connectivity index (χ1v) is 18.7. The molecule has 2 aromatic carbocycles. The van der Waals surface area contributed by atoms with Crippen LogP contribution in [-0.2, 0) is 6.42 Å². The average Bonchev–Trinajstić information content (AvgIpc) is 3.09. The molecule has 1 N–H and O–H groups in total. The van der Waals surface area contributed by atoms with Crippen LogP contribution in [0.15, 0.2) is 72.3 Å². The van der Waals surface area contributed by atoms with Crippen LogP contribution in [0.2, 0.25) is 0 Å². The minimum absolute atomic E-state index is 0.601. The first-order chi connectivity index (χ1) is 22.5. The number of nitrogens with one attached hydrogen (secondary N) is 1. The van der Waals surface area contributed by atoms with Crippen molar-refractivity contribution in [2.75, 3.05) is 33.2 Å². The Morgan fingerprint density at radius 3 is 1.96 bits per heavy atom. The van der Waals surface area contributed by atoms with Crippen molar-refractivity contribution in [1.29, 1.82) is 0 Å². The molecule has 0 spiro atoms. The Morgan fingerprint density at radius 2 is 1.51 bits per heavy atom. The number of allylic oxidation sites excluding steroid dienone is 5. The average molecular weight is 649 g/mol. The summed E-state index contributed by atoms with van der Waals surface area (Å²) in [5.41, 5.74) is 9.92. The monoisotopic (exact) mass is 649 g/mol. The van der Waals surface area contributed by atoms with Gasteiger partial charge in [0.15, 0.2) is 0 Å². The number of nitrogens with zero attached hydrogens (tertiary/aromatic N) is 1. The second-order valence-electron chi connectivity index (χ2n) is 13.1. The van der Waals surface area contributed by atoms with Gasteiger partial charge in [0, 0.05) is 6.54 Å². The number of aryl methyl sites for hydroxylation is 1. The van der Waals surface area contributed by atoms with Gasteiger partial charge in [0.1, 0.15) is 5.67 Å². The van der Waals surface area contributed by atoms with E-state index in [1.165, 1.54) is 78.3 Å². The summed E-state index contributed by atoms with van der Waals surface area (Å²) in [4.78, 5) is 2.26. The lowest BCUT2D eigenvalue weighted by Crippen LogP contribution is -2.40. The van der Waals surface area contributed by atoms with E-state index in [2.05, 4.69) is 106 Å². The van der Waals surface area contributed by atoms with Crippen molar-refractivity contribution < 1.29 is 4.39 Å². The normalized spacial score (nSPS) is 15.5. The van der Waals surface area contributed by atoms with Gasteiger partial charge in [0.05, 0.1) is 0 Å². The molecule has 2 aliphatic rings. The first kappa shape index (κ1) is 44.5. The Balaban J connectivity index is 0.000000842. The maximum atomic E-state index is 13.3. The number of benzene rings is 2. The molecule has 1 fully saturated rings. The van der Waals surface area contributed by atoms with Crippen molar-refractivity contribution in [1.82, 2.24) is 10.2 Å². The van der Waals surface area contributed by atoms with Crippen LogP contribution in [0.25, 0.3) is 11.1 Å². The van der Waals surface area contributed by atoms with Gasteiger partial charge in [-0.05, 0) is 151 Å². The lowest BCUT2D eigenvalue weighted by molar-refractivity contribution is 0.0951. The van der Waals surface area contributed by atoms with Crippen LogP contribution in [0.1, 0.15) is 136 Å². The highest BCUT2D eigenvalue weighted by molar-refractivity contribution is 5.76. The van der Waals surface area contributed by atoms with Crippen molar-refractivity contribution in [3.05, 3.63) is 94.6 Å². The van der Waals surface area contributed by atoms with E-state index in [1.54, 1.807) is 19.4 Å².